The molecule has 1 atom stereocenters. The summed E-state index contributed by atoms with van der Waals surface area (Å²) in [6, 6.07) is 17.0. The molecule has 0 aromatic heterocycles. The average molecular weight is 521 g/mol. The fourth-order valence-corrected chi connectivity index (χ4v) is 4.64. The Kier molecular flexibility index (Phi) is 7.86. The third kappa shape index (κ3) is 5.88. The number of rotatable bonds is 7. The maximum Gasteiger partial charge on any atom is 0.338 e. The number of nitrogens with zero attached hydrogens (tertiary/aromatic N) is 1. The highest BCUT2D eigenvalue weighted by Crippen LogP contribution is 2.26. The van der Waals surface area contributed by atoms with Gasteiger partial charge in [-0.05, 0) is 62.4 Å². The van der Waals surface area contributed by atoms with E-state index < -0.39 is 28.0 Å². The van der Waals surface area contributed by atoms with Crippen LogP contribution >= 0.6 is 23.2 Å². The summed E-state index contributed by atoms with van der Waals surface area (Å²) in [7, 11) is -2.50. The van der Waals surface area contributed by atoms with Crippen LogP contribution in [0.15, 0.2) is 71.6 Å². The highest BCUT2D eigenvalue weighted by Gasteiger charge is 2.24. The fourth-order valence-electron chi connectivity index (χ4n) is 2.94. The highest BCUT2D eigenvalue weighted by atomic mass is 35.5. The molecule has 0 fully saturated rings. The number of nitrogens with one attached hydrogen (secondary N) is 1. The van der Waals surface area contributed by atoms with Crippen molar-refractivity contribution in [2.45, 2.75) is 24.8 Å². The fraction of sp³-hybridized carbons (Fsp3) is 0.167. The molecule has 0 unspecified atom stereocenters. The standard InChI is InChI=1S/C24H22Cl2N2O5S/c1-15-7-10-19(11-8-15)28(3)34(31,32)20-6-4-5-17(13-20)24(30)33-16(2)23(29)27-22-12-9-18(25)14-21(22)26/h4-14,16H,1-3H3,(H,27,29)/t16-/m1/s1. The van der Waals surface area contributed by atoms with E-state index in [0.29, 0.717) is 16.4 Å². The Morgan fingerprint density at radius 2 is 1.68 bits per heavy atom. The molecule has 0 aliphatic rings. The van der Waals surface area contributed by atoms with Gasteiger partial charge in [0.1, 0.15) is 0 Å². The number of aryl methyl sites for hydroxylation is 1. The van der Waals surface area contributed by atoms with Gasteiger partial charge in [0.25, 0.3) is 15.9 Å². The quantitative estimate of drug-likeness (QED) is 0.426. The Morgan fingerprint density at radius 3 is 2.32 bits per heavy atom. The average Bonchev–Trinajstić information content (AvgIpc) is 2.80. The minimum absolute atomic E-state index is 0.0115. The van der Waals surface area contributed by atoms with Crippen molar-refractivity contribution in [1.29, 1.82) is 0 Å². The van der Waals surface area contributed by atoms with Crippen molar-refractivity contribution in [3.63, 3.8) is 0 Å². The molecule has 0 aliphatic heterocycles. The molecule has 3 rings (SSSR count). The predicted octanol–water partition coefficient (Wildman–Crippen LogP) is 5.31. The molecule has 3 aromatic rings. The van der Waals surface area contributed by atoms with Gasteiger partial charge in [0.2, 0.25) is 0 Å². The molecule has 0 bridgehead atoms. The largest absolute Gasteiger partial charge is 0.449 e. The summed E-state index contributed by atoms with van der Waals surface area (Å²) in [6.07, 6.45) is -1.17. The second-order valence-corrected chi connectivity index (χ2v) is 10.3. The summed E-state index contributed by atoms with van der Waals surface area (Å²) < 4.78 is 32.5. The number of benzene rings is 3. The van der Waals surface area contributed by atoms with Crippen LogP contribution < -0.4 is 9.62 Å². The first kappa shape index (κ1) is 25.6. The zero-order chi connectivity index (χ0) is 25.0. The lowest BCUT2D eigenvalue weighted by molar-refractivity contribution is -0.123. The monoisotopic (exact) mass is 520 g/mol. The van der Waals surface area contributed by atoms with Gasteiger partial charge in [-0.3, -0.25) is 9.10 Å². The number of sulfonamides is 1. The molecule has 34 heavy (non-hydrogen) atoms. The van der Waals surface area contributed by atoms with Crippen molar-refractivity contribution in [2.75, 3.05) is 16.7 Å². The van der Waals surface area contributed by atoms with Crippen LogP contribution in [0, 0.1) is 6.92 Å². The first-order valence-corrected chi connectivity index (χ1v) is 12.3. The van der Waals surface area contributed by atoms with Crippen molar-refractivity contribution in [3.8, 4) is 0 Å². The van der Waals surface area contributed by atoms with E-state index >= 15 is 0 Å². The van der Waals surface area contributed by atoms with Gasteiger partial charge in [0, 0.05) is 12.1 Å². The number of anilines is 2. The van der Waals surface area contributed by atoms with Gasteiger partial charge in [-0.1, -0.05) is 47.0 Å². The van der Waals surface area contributed by atoms with Crippen molar-refractivity contribution in [2.24, 2.45) is 0 Å². The van der Waals surface area contributed by atoms with Crippen LogP contribution in [0.1, 0.15) is 22.8 Å². The van der Waals surface area contributed by atoms with E-state index in [1.807, 2.05) is 6.92 Å². The summed E-state index contributed by atoms with van der Waals surface area (Å²) in [5.74, 6) is -1.46. The Labute approximate surface area is 208 Å². The number of esters is 1. The van der Waals surface area contributed by atoms with Gasteiger partial charge in [-0.25, -0.2) is 13.2 Å². The Hall–Kier alpha value is -3.07. The van der Waals surface area contributed by atoms with E-state index in [9.17, 15) is 18.0 Å². The molecule has 1 amide bonds. The van der Waals surface area contributed by atoms with Crippen LogP contribution in [0.25, 0.3) is 0 Å². The summed E-state index contributed by atoms with van der Waals surface area (Å²) in [4.78, 5) is 25.0. The van der Waals surface area contributed by atoms with Crippen LogP contribution in [0.3, 0.4) is 0 Å². The number of halogens is 2. The number of ether oxygens (including phenoxy) is 1. The van der Waals surface area contributed by atoms with E-state index in [-0.39, 0.29) is 15.5 Å². The van der Waals surface area contributed by atoms with E-state index in [1.165, 1.54) is 50.4 Å². The van der Waals surface area contributed by atoms with Crippen LogP contribution in [0.5, 0.6) is 0 Å². The van der Waals surface area contributed by atoms with E-state index in [1.54, 1.807) is 30.3 Å². The van der Waals surface area contributed by atoms with E-state index in [2.05, 4.69) is 5.32 Å². The number of carbonyl (C=O) groups is 2. The molecular formula is C24H22Cl2N2O5S. The van der Waals surface area contributed by atoms with Crippen molar-refractivity contribution < 1.29 is 22.7 Å². The lowest BCUT2D eigenvalue weighted by Crippen LogP contribution is -2.30. The van der Waals surface area contributed by atoms with E-state index in [0.717, 1.165) is 9.87 Å². The Balaban J connectivity index is 1.73. The minimum Gasteiger partial charge on any atom is -0.449 e. The minimum atomic E-state index is -3.93. The molecule has 3 aromatic carbocycles. The first-order chi connectivity index (χ1) is 16.0. The highest BCUT2D eigenvalue weighted by molar-refractivity contribution is 7.92. The molecule has 0 heterocycles. The second kappa shape index (κ2) is 10.5. The first-order valence-electron chi connectivity index (χ1n) is 10.1. The molecular weight excluding hydrogens is 499 g/mol. The maximum atomic E-state index is 13.1. The topological polar surface area (TPSA) is 92.8 Å². The number of hydrogen-bond donors (Lipinski definition) is 1. The smallest absolute Gasteiger partial charge is 0.338 e. The summed E-state index contributed by atoms with van der Waals surface area (Å²) in [5, 5.41) is 3.20. The Bertz CT molecular complexity index is 1330. The molecule has 1 N–H and O–H groups in total. The molecule has 0 saturated heterocycles. The SMILES string of the molecule is Cc1ccc(N(C)S(=O)(=O)c2cccc(C(=O)O[C@H](C)C(=O)Nc3ccc(Cl)cc3Cl)c2)cc1. The maximum absolute atomic E-state index is 13.1. The summed E-state index contributed by atoms with van der Waals surface area (Å²) in [6.45, 7) is 3.29. The predicted molar refractivity (Wildman–Crippen MR) is 133 cm³/mol. The van der Waals surface area contributed by atoms with Crippen LogP contribution in [0.4, 0.5) is 11.4 Å². The molecule has 10 heteroatoms. The zero-order valence-corrected chi connectivity index (χ0v) is 20.9. The Morgan fingerprint density at radius 1 is 1.00 bits per heavy atom. The lowest BCUT2D eigenvalue weighted by atomic mass is 10.2. The van der Waals surface area contributed by atoms with Gasteiger partial charge in [0.15, 0.2) is 6.10 Å². The van der Waals surface area contributed by atoms with Crippen molar-refractivity contribution >= 4 is 56.5 Å². The molecule has 0 aliphatic carbocycles. The molecule has 0 saturated carbocycles. The third-order valence-electron chi connectivity index (χ3n) is 4.97. The van der Waals surface area contributed by atoms with Gasteiger partial charge in [-0.2, -0.15) is 0 Å². The van der Waals surface area contributed by atoms with Crippen LogP contribution in [0.2, 0.25) is 10.0 Å². The second-order valence-electron chi connectivity index (χ2n) is 7.50. The summed E-state index contributed by atoms with van der Waals surface area (Å²) in [5.41, 5.74) is 1.77. The normalized spacial score (nSPS) is 12.0. The molecule has 178 valence electrons. The van der Waals surface area contributed by atoms with Gasteiger partial charge in [0.05, 0.1) is 26.9 Å². The number of hydrogen-bond acceptors (Lipinski definition) is 5. The van der Waals surface area contributed by atoms with Crippen LogP contribution in [-0.4, -0.2) is 33.4 Å². The van der Waals surface area contributed by atoms with Gasteiger partial charge >= 0.3 is 5.97 Å². The van der Waals surface area contributed by atoms with Crippen LogP contribution in [-0.2, 0) is 19.6 Å². The lowest BCUT2D eigenvalue weighted by Gasteiger charge is -2.20. The number of amides is 1. The van der Waals surface area contributed by atoms with Gasteiger partial charge in [-0.15, -0.1) is 0 Å². The summed E-state index contributed by atoms with van der Waals surface area (Å²) >= 11 is 11.9. The molecule has 7 nitrogen and oxygen atoms in total. The zero-order valence-electron chi connectivity index (χ0n) is 18.6. The molecule has 0 radical (unpaired) electrons. The number of carbonyl (C=O) groups excluding carboxylic acids is 2. The van der Waals surface area contributed by atoms with E-state index in [4.69, 9.17) is 27.9 Å². The van der Waals surface area contributed by atoms with Crippen molar-refractivity contribution in [3.05, 3.63) is 87.9 Å². The van der Waals surface area contributed by atoms with Crippen molar-refractivity contribution in [1.82, 2.24) is 0 Å². The van der Waals surface area contributed by atoms with Gasteiger partial charge < -0.3 is 10.1 Å². The molecule has 0 spiro atoms. The third-order valence-corrected chi connectivity index (χ3v) is 7.30.